The molecule has 3 nitrogen and oxygen atoms in total. The second kappa shape index (κ2) is 4.72. The molecule has 0 amide bonds. The third kappa shape index (κ3) is 2.56. The van der Waals surface area contributed by atoms with Crippen LogP contribution in [0.1, 0.15) is 28.6 Å². The van der Waals surface area contributed by atoms with Gasteiger partial charge in [0.2, 0.25) is 0 Å². The number of benzene rings is 1. The number of imidazole rings is 1. The average molecular weight is 229 g/mol. The van der Waals surface area contributed by atoms with Crippen LogP contribution in [0.4, 0.5) is 0 Å². The number of nitrogens with zero attached hydrogens (tertiary/aromatic N) is 2. The van der Waals surface area contributed by atoms with Gasteiger partial charge in [-0.1, -0.05) is 23.8 Å². The predicted octanol–water partition coefficient (Wildman–Crippen LogP) is 2.51. The first-order valence-electron chi connectivity index (χ1n) is 5.88. The molecule has 0 saturated carbocycles. The third-order valence-corrected chi connectivity index (χ3v) is 3.14. The highest BCUT2D eigenvalue weighted by Gasteiger charge is 2.10. The monoisotopic (exact) mass is 229 g/mol. The van der Waals surface area contributed by atoms with Crippen molar-refractivity contribution in [1.29, 1.82) is 0 Å². The van der Waals surface area contributed by atoms with E-state index in [2.05, 4.69) is 41.6 Å². The van der Waals surface area contributed by atoms with Crippen LogP contribution in [0.2, 0.25) is 0 Å². The first kappa shape index (κ1) is 11.9. The van der Waals surface area contributed by atoms with Crippen LogP contribution in [-0.2, 0) is 6.54 Å². The normalized spacial score (nSPS) is 12.7. The number of aryl methyl sites for hydroxylation is 3. The minimum atomic E-state index is 0.0171. The van der Waals surface area contributed by atoms with Gasteiger partial charge >= 0.3 is 0 Å². The van der Waals surface area contributed by atoms with Crippen molar-refractivity contribution < 1.29 is 0 Å². The average Bonchev–Trinajstić information content (AvgIpc) is 2.64. The quantitative estimate of drug-likeness (QED) is 0.878. The van der Waals surface area contributed by atoms with Crippen LogP contribution < -0.4 is 5.73 Å². The highest BCUT2D eigenvalue weighted by molar-refractivity contribution is 5.32. The summed E-state index contributed by atoms with van der Waals surface area (Å²) in [5, 5.41) is 0. The highest BCUT2D eigenvalue weighted by Crippen LogP contribution is 2.19. The van der Waals surface area contributed by atoms with E-state index in [-0.39, 0.29) is 6.04 Å². The summed E-state index contributed by atoms with van der Waals surface area (Å²) in [7, 11) is 0. The number of hydrogen-bond acceptors (Lipinski definition) is 2. The van der Waals surface area contributed by atoms with Crippen molar-refractivity contribution in [3.05, 3.63) is 53.1 Å². The molecule has 2 aromatic rings. The topological polar surface area (TPSA) is 43.8 Å². The maximum absolute atomic E-state index is 6.26. The van der Waals surface area contributed by atoms with Gasteiger partial charge in [-0.25, -0.2) is 4.98 Å². The SMILES string of the molecule is Cc1ccc(C(N)Cn2ccnc2C)c(C)c1. The van der Waals surface area contributed by atoms with Crippen molar-refractivity contribution in [1.82, 2.24) is 9.55 Å². The van der Waals surface area contributed by atoms with Gasteiger partial charge < -0.3 is 10.3 Å². The Bertz CT molecular complexity index is 514. The summed E-state index contributed by atoms with van der Waals surface area (Å²) < 4.78 is 2.09. The molecule has 90 valence electrons. The van der Waals surface area contributed by atoms with Gasteiger partial charge in [-0.2, -0.15) is 0 Å². The molecule has 1 aromatic heterocycles. The second-order valence-electron chi connectivity index (χ2n) is 4.59. The molecule has 1 atom stereocenters. The lowest BCUT2D eigenvalue weighted by Gasteiger charge is -2.16. The molecule has 0 aliphatic heterocycles. The molecule has 1 aromatic carbocycles. The molecule has 0 radical (unpaired) electrons. The van der Waals surface area contributed by atoms with Crippen molar-refractivity contribution in [3.63, 3.8) is 0 Å². The Labute approximate surface area is 102 Å². The Morgan fingerprint density at radius 3 is 2.65 bits per heavy atom. The standard InChI is InChI=1S/C14H19N3/c1-10-4-5-13(11(2)8-10)14(15)9-17-7-6-16-12(17)3/h4-8,14H,9,15H2,1-3H3. The summed E-state index contributed by atoms with van der Waals surface area (Å²) in [6.45, 7) is 6.98. The molecule has 2 rings (SSSR count). The van der Waals surface area contributed by atoms with Gasteiger partial charge in [0.25, 0.3) is 0 Å². The van der Waals surface area contributed by atoms with Gasteiger partial charge in [-0.15, -0.1) is 0 Å². The third-order valence-electron chi connectivity index (χ3n) is 3.14. The predicted molar refractivity (Wildman–Crippen MR) is 69.8 cm³/mol. The number of rotatable bonds is 3. The van der Waals surface area contributed by atoms with E-state index in [1.165, 1.54) is 16.7 Å². The zero-order chi connectivity index (χ0) is 12.4. The van der Waals surface area contributed by atoms with Crippen LogP contribution in [0.5, 0.6) is 0 Å². The second-order valence-corrected chi connectivity index (χ2v) is 4.59. The van der Waals surface area contributed by atoms with Crippen LogP contribution in [0.15, 0.2) is 30.6 Å². The molecular weight excluding hydrogens is 210 g/mol. The van der Waals surface area contributed by atoms with E-state index in [4.69, 9.17) is 5.73 Å². The first-order chi connectivity index (χ1) is 8.08. The molecule has 0 aliphatic carbocycles. The van der Waals surface area contributed by atoms with Gasteiger partial charge in [0.15, 0.2) is 0 Å². The first-order valence-corrected chi connectivity index (χ1v) is 5.88. The fourth-order valence-electron chi connectivity index (χ4n) is 2.15. The molecular formula is C14H19N3. The van der Waals surface area contributed by atoms with E-state index >= 15 is 0 Å². The summed E-state index contributed by atoms with van der Waals surface area (Å²) in [5.74, 6) is 1.00. The van der Waals surface area contributed by atoms with Crippen LogP contribution in [0.3, 0.4) is 0 Å². The zero-order valence-corrected chi connectivity index (χ0v) is 10.6. The van der Waals surface area contributed by atoms with Crippen LogP contribution in [0.25, 0.3) is 0 Å². The zero-order valence-electron chi connectivity index (χ0n) is 10.6. The summed E-state index contributed by atoms with van der Waals surface area (Å²) in [4.78, 5) is 4.21. The van der Waals surface area contributed by atoms with Gasteiger partial charge in [-0.05, 0) is 31.9 Å². The molecule has 0 fully saturated rings. The number of hydrogen-bond donors (Lipinski definition) is 1. The Balaban J connectivity index is 2.20. The maximum Gasteiger partial charge on any atom is 0.105 e. The van der Waals surface area contributed by atoms with E-state index < -0.39 is 0 Å². The van der Waals surface area contributed by atoms with Crippen LogP contribution >= 0.6 is 0 Å². The van der Waals surface area contributed by atoms with Crippen molar-refractivity contribution >= 4 is 0 Å². The molecule has 0 aliphatic rings. The highest BCUT2D eigenvalue weighted by atomic mass is 15.1. The molecule has 0 bridgehead atoms. The maximum atomic E-state index is 6.26. The van der Waals surface area contributed by atoms with Crippen LogP contribution in [0, 0.1) is 20.8 Å². The molecule has 0 spiro atoms. The minimum Gasteiger partial charge on any atom is -0.333 e. The lowest BCUT2D eigenvalue weighted by atomic mass is 10.00. The summed E-state index contributed by atoms with van der Waals surface area (Å²) in [6.07, 6.45) is 3.78. The van der Waals surface area contributed by atoms with E-state index in [0.29, 0.717) is 0 Å². The summed E-state index contributed by atoms with van der Waals surface area (Å²) >= 11 is 0. The molecule has 0 saturated heterocycles. The molecule has 1 heterocycles. The Morgan fingerprint density at radius 1 is 1.29 bits per heavy atom. The number of nitrogens with two attached hydrogens (primary N) is 1. The summed E-state index contributed by atoms with van der Waals surface area (Å²) in [5.41, 5.74) is 10.0. The van der Waals surface area contributed by atoms with Gasteiger partial charge in [0.1, 0.15) is 5.82 Å². The number of aromatic nitrogens is 2. The minimum absolute atomic E-state index is 0.0171. The van der Waals surface area contributed by atoms with E-state index in [9.17, 15) is 0 Å². The van der Waals surface area contributed by atoms with Crippen molar-refractivity contribution in [2.45, 2.75) is 33.4 Å². The Hall–Kier alpha value is -1.61. The van der Waals surface area contributed by atoms with E-state index in [1.807, 2.05) is 19.3 Å². The molecule has 17 heavy (non-hydrogen) atoms. The Morgan fingerprint density at radius 2 is 2.06 bits per heavy atom. The molecule has 2 N–H and O–H groups in total. The smallest absolute Gasteiger partial charge is 0.105 e. The fraction of sp³-hybridized carbons (Fsp3) is 0.357. The van der Waals surface area contributed by atoms with E-state index in [0.717, 1.165) is 12.4 Å². The lowest BCUT2D eigenvalue weighted by molar-refractivity contribution is 0.563. The van der Waals surface area contributed by atoms with Crippen LogP contribution in [-0.4, -0.2) is 9.55 Å². The van der Waals surface area contributed by atoms with Crippen molar-refractivity contribution in [2.24, 2.45) is 5.73 Å². The van der Waals surface area contributed by atoms with Gasteiger partial charge in [0.05, 0.1) is 0 Å². The molecule has 1 unspecified atom stereocenters. The van der Waals surface area contributed by atoms with Crippen molar-refractivity contribution in [2.75, 3.05) is 0 Å². The van der Waals surface area contributed by atoms with Gasteiger partial charge in [0, 0.05) is 25.0 Å². The van der Waals surface area contributed by atoms with E-state index in [1.54, 1.807) is 0 Å². The largest absolute Gasteiger partial charge is 0.333 e. The fourth-order valence-corrected chi connectivity index (χ4v) is 2.15. The summed E-state index contributed by atoms with van der Waals surface area (Å²) in [6, 6.07) is 6.43. The van der Waals surface area contributed by atoms with Gasteiger partial charge in [-0.3, -0.25) is 0 Å². The van der Waals surface area contributed by atoms with Crippen molar-refractivity contribution in [3.8, 4) is 0 Å². The molecule has 3 heteroatoms. The lowest BCUT2D eigenvalue weighted by Crippen LogP contribution is -2.19. The Kier molecular flexibility index (Phi) is 3.29.